The highest BCUT2D eigenvalue weighted by Gasteiger charge is 2.24. The number of anilines is 1. The lowest BCUT2D eigenvalue weighted by molar-refractivity contribution is -0.119. The van der Waals surface area contributed by atoms with Crippen LogP contribution in [0.3, 0.4) is 0 Å². The molecule has 1 aliphatic rings. The summed E-state index contributed by atoms with van der Waals surface area (Å²) in [5, 5.41) is 7.24. The van der Waals surface area contributed by atoms with Crippen LogP contribution in [0.25, 0.3) is 0 Å². The summed E-state index contributed by atoms with van der Waals surface area (Å²) < 4.78 is 0. The average molecular weight is 259 g/mol. The van der Waals surface area contributed by atoms with Crippen molar-refractivity contribution in [1.82, 2.24) is 5.43 Å². The molecule has 1 aromatic carbocycles. The molecule has 1 saturated carbocycles. The molecule has 102 valence electrons. The number of rotatable bonds is 5. The third-order valence-electron chi connectivity index (χ3n) is 3.35. The Hall–Kier alpha value is -1.84. The van der Waals surface area contributed by atoms with E-state index in [-0.39, 0.29) is 12.5 Å². The Kier molecular flexibility index (Phi) is 4.20. The van der Waals surface area contributed by atoms with Crippen LogP contribution in [0.5, 0.6) is 0 Å². The number of hydrogen-bond acceptors (Lipinski definition) is 3. The summed E-state index contributed by atoms with van der Waals surface area (Å²) >= 11 is 0. The monoisotopic (exact) mass is 259 g/mol. The van der Waals surface area contributed by atoms with Gasteiger partial charge in [-0.3, -0.25) is 4.79 Å². The number of carbonyl (C=O) groups is 1. The zero-order valence-electron chi connectivity index (χ0n) is 11.8. The summed E-state index contributed by atoms with van der Waals surface area (Å²) in [5.41, 5.74) is 6.97. The van der Waals surface area contributed by atoms with E-state index in [9.17, 15) is 4.79 Å². The van der Waals surface area contributed by atoms with Crippen LogP contribution in [0.4, 0.5) is 5.69 Å². The largest absolute Gasteiger partial charge is 0.376 e. The van der Waals surface area contributed by atoms with Gasteiger partial charge in [0.25, 0.3) is 5.91 Å². The maximum atomic E-state index is 11.7. The Morgan fingerprint density at radius 2 is 2.11 bits per heavy atom. The van der Waals surface area contributed by atoms with Crippen LogP contribution in [-0.4, -0.2) is 18.2 Å². The van der Waals surface area contributed by atoms with Gasteiger partial charge >= 0.3 is 0 Å². The van der Waals surface area contributed by atoms with E-state index in [4.69, 9.17) is 0 Å². The second-order valence-corrected chi connectivity index (χ2v) is 5.23. The van der Waals surface area contributed by atoms with Crippen molar-refractivity contribution in [2.24, 2.45) is 11.0 Å². The van der Waals surface area contributed by atoms with E-state index >= 15 is 0 Å². The quantitative estimate of drug-likeness (QED) is 0.631. The van der Waals surface area contributed by atoms with Crippen LogP contribution in [-0.2, 0) is 4.79 Å². The van der Waals surface area contributed by atoms with Gasteiger partial charge in [0.2, 0.25) is 0 Å². The fraction of sp³-hybridized carbons (Fsp3) is 0.467. The Morgan fingerprint density at radius 3 is 2.74 bits per heavy atom. The molecule has 0 aromatic heterocycles. The molecule has 0 unspecified atom stereocenters. The molecule has 1 fully saturated rings. The molecule has 2 rings (SSSR count). The van der Waals surface area contributed by atoms with E-state index in [2.05, 4.69) is 28.8 Å². The summed E-state index contributed by atoms with van der Waals surface area (Å²) in [6, 6.07) is 6.12. The van der Waals surface area contributed by atoms with E-state index in [1.54, 1.807) is 0 Å². The maximum Gasteiger partial charge on any atom is 0.259 e. The molecule has 0 radical (unpaired) electrons. The molecule has 4 heteroatoms. The molecule has 0 aliphatic heterocycles. The number of amides is 1. The van der Waals surface area contributed by atoms with Crippen molar-refractivity contribution in [2.45, 2.75) is 33.6 Å². The van der Waals surface area contributed by atoms with Crippen LogP contribution >= 0.6 is 0 Å². The number of aryl methyl sites for hydroxylation is 2. The fourth-order valence-electron chi connectivity index (χ4n) is 1.97. The Labute approximate surface area is 114 Å². The van der Waals surface area contributed by atoms with E-state index in [1.807, 2.05) is 26.0 Å². The van der Waals surface area contributed by atoms with E-state index in [0.717, 1.165) is 17.0 Å². The molecule has 2 N–H and O–H groups in total. The number of hydrazone groups is 1. The highest BCUT2D eigenvalue weighted by Crippen LogP contribution is 2.30. The average Bonchev–Trinajstić information content (AvgIpc) is 3.19. The van der Waals surface area contributed by atoms with Crippen molar-refractivity contribution >= 4 is 17.3 Å². The van der Waals surface area contributed by atoms with E-state index in [0.29, 0.717) is 5.92 Å². The van der Waals surface area contributed by atoms with Gasteiger partial charge in [0, 0.05) is 11.4 Å². The predicted octanol–water partition coefficient (Wildman–Crippen LogP) is 2.62. The molecule has 1 amide bonds. The minimum Gasteiger partial charge on any atom is -0.376 e. The number of benzene rings is 1. The van der Waals surface area contributed by atoms with Gasteiger partial charge < -0.3 is 5.32 Å². The van der Waals surface area contributed by atoms with Crippen LogP contribution in [0.2, 0.25) is 0 Å². The lowest BCUT2D eigenvalue weighted by atomic mass is 10.1. The fourth-order valence-corrected chi connectivity index (χ4v) is 1.97. The molecule has 0 bridgehead atoms. The van der Waals surface area contributed by atoms with Gasteiger partial charge in [0.05, 0.1) is 6.54 Å². The van der Waals surface area contributed by atoms with Gasteiger partial charge in [0.15, 0.2) is 0 Å². The molecule has 0 saturated heterocycles. The van der Waals surface area contributed by atoms with Gasteiger partial charge in [0.1, 0.15) is 0 Å². The van der Waals surface area contributed by atoms with Crippen molar-refractivity contribution in [3.8, 4) is 0 Å². The van der Waals surface area contributed by atoms with Crippen molar-refractivity contribution < 1.29 is 4.79 Å². The number of hydrogen-bond donors (Lipinski definition) is 2. The first-order chi connectivity index (χ1) is 9.06. The second kappa shape index (κ2) is 5.87. The van der Waals surface area contributed by atoms with Gasteiger partial charge in [-0.05, 0) is 51.2 Å². The van der Waals surface area contributed by atoms with Crippen molar-refractivity contribution in [3.05, 3.63) is 29.3 Å². The van der Waals surface area contributed by atoms with Crippen molar-refractivity contribution in [3.63, 3.8) is 0 Å². The smallest absolute Gasteiger partial charge is 0.259 e. The Bertz CT molecular complexity index is 504. The molecule has 0 spiro atoms. The summed E-state index contributed by atoms with van der Waals surface area (Å²) in [7, 11) is 0. The lowest BCUT2D eigenvalue weighted by Crippen LogP contribution is -2.27. The number of carbonyl (C=O) groups excluding carboxylic acids is 1. The Morgan fingerprint density at radius 1 is 1.37 bits per heavy atom. The normalized spacial score (nSPS) is 15.2. The zero-order valence-corrected chi connectivity index (χ0v) is 11.8. The minimum absolute atomic E-state index is 0.111. The highest BCUT2D eigenvalue weighted by atomic mass is 16.2. The van der Waals surface area contributed by atoms with Gasteiger partial charge in [-0.2, -0.15) is 5.10 Å². The number of nitrogens with one attached hydrogen (secondary N) is 2. The molecule has 0 heterocycles. The third kappa shape index (κ3) is 4.09. The minimum atomic E-state index is -0.111. The standard InChI is InChI=1S/C15H21N3O/c1-10-4-7-14(11(2)8-10)16-9-15(19)18-17-12(3)13-5-6-13/h4,7-8,13,16H,5-6,9H2,1-3H3,(H,18,19). The van der Waals surface area contributed by atoms with Crippen LogP contribution in [0.15, 0.2) is 23.3 Å². The topological polar surface area (TPSA) is 53.5 Å². The van der Waals surface area contributed by atoms with E-state index in [1.165, 1.54) is 18.4 Å². The molecule has 1 aliphatic carbocycles. The summed E-state index contributed by atoms with van der Waals surface area (Å²) in [4.78, 5) is 11.7. The molecule has 0 atom stereocenters. The SMILES string of the molecule is CC(=NNC(=O)CNc1ccc(C)cc1C)C1CC1. The second-order valence-electron chi connectivity index (χ2n) is 5.23. The third-order valence-corrected chi connectivity index (χ3v) is 3.35. The van der Waals surface area contributed by atoms with Gasteiger partial charge in [-0.1, -0.05) is 17.7 Å². The zero-order chi connectivity index (χ0) is 13.8. The van der Waals surface area contributed by atoms with Gasteiger partial charge in [-0.15, -0.1) is 0 Å². The first kappa shape index (κ1) is 13.6. The van der Waals surface area contributed by atoms with Crippen molar-refractivity contribution in [1.29, 1.82) is 0 Å². The summed E-state index contributed by atoms with van der Waals surface area (Å²) in [6.07, 6.45) is 2.40. The van der Waals surface area contributed by atoms with Crippen LogP contribution in [0.1, 0.15) is 30.9 Å². The summed E-state index contributed by atoms with van der Waals surface area (Å²) in [5.74, 6) is 0.479. The molecule has 19 heavy (non-hydrogen) atoms. The highest BCUT2D eigenvalue weighted by molar-refractivity contribution is 5.88. The molecular weight excluding hydrogens is 238 g/mol. The van der Waals surface area contributed by atoms with Gasteiger partial charge in [-0.25, -0.2) is 5.43 Å². The maximum absolute atomic E-state index is 11.7. The first-order valence-corrected chi connectivity index (χ1v) is 6.70. The molecule has 1 aromatic rings. The van der Waals surface area contributed by atoms with Crippen LogP contribution < -0.4 is 10.7 Å². The molecular formula is C15H21N3O. The predicted molar refractivity (Wildman–Crippen MR) is 78.4 cm³/mol. The lowest BCUT2D eigenvalue weighted by Gasteiger charge is -2.09. The first-order valence-electron chi connectivity index (χ1n) is 6.70. The van der Waals surface area contributed by atoms with Crippen LogP contribution in [0, 0.1) is 19.8 Å². The Balaban J connectivity index is 1.81. The number of nitrogens with zero attached hydrogens (tertiary/aromatic N) is 1. The van der Waals surface area contributed by atoms with Crippen molar-refractivity contribution in [2.75, 3.05) is 11.9 Å². The van der Waals surface area contributed by atoms with E-state index < -0.39 is 0 Å². The molecule has 4 nitrogen and oxygen atoms in total. The summed E-state index contributed by atoms with van der Waals surface area (Å²) in [6.45, 7) is 6.29.